The molecule has 0 fully saturated rings. The number of carboxylic acids is 1. The van der Waals surface area contributed by atoms with Crippen LogP contribution in [0, 0.1) is 0 Å². The third kappa shape index (κ3) is 21.5. The number of carbonyl (C=O) groups is 2. The van der Waals surface area contributed by atoms with Gasteiger partial charge in [-0.15, -0.1) is 0 Å². The fraction of sp³-hybridized carbons (Fsp3) is 0.818. The first kappa shape index (κ1) is 19.0. The van der Waals surface area contributed by atoms with Crippen molar-refractivity contribution in [1.29, 1.82) is 0 Å². The van der Waals surface area contributed by atoms with E-state index < -0.39 is 5.97 Å². The maximum Gasteiger partial charge on any atom is 0.306 e. The molecule has 0 saturated heterocycles. The van der Waals surface area contributed by atoms with Gasteiger partial charge in [-0.1, -0.05) is 20.3 Å². The molecule has 0 aromatic rings. The highest BCUT2D eigenvalue weighted by molar-refractivity contribution is 7.81. The van der Waals surface area contributed by atoms with E-state index in [2.05, 4.69) is 32.2 Å². The first-order valence-corrected chi connectivity index (χ1v) is 6.75. The van der Waals surface area contributed by atoms with E-state index >= 15 is 0 Å². The summed E-state index contributed by atoms with van der Waals surface area (Å²) in [7, 11) is 0. The van der Waals surface area contributed by atoms with Crippen LogP contribution < -0.4 is 0 Å². The highest BCUT2D eigenvalue weighted by Crippen LogP contribution is 2.01. The zero-order chi connectivity index (χ0) is 13.7. The number of rotatable bonds is 7. The van der Waals surface area contributed by atoms with Gasteiger partial charge in [0.25, 0.3) is 0 Å². The maximum absolute atomic E-state index is 10.9. The second-order valence-corrected chi connectivity index (χ2v) is 4.82. The van der Waals surface area contributed by atoms with Crippen LogP contribution in [0.1, 0.15) is 39.5 Å². The lowest BCUT2D eigenvalue weighted by Gasteiger charge is -2.04. The van der Waals surface area contributed by atoms with Crippen molar-refractivity contribution < 1.29 is 19.4 Å². The van der Waals surface area contributed by atoms with E-state index in [1.165, 1.54) is 0 Å². The Balaban J connectivity index is 0. The molecule has 1 atom stereocenters. The van der Waals surface area contributed by atoms with Crippen LogP contribution in [0.15, 0.2) is 0 Å². The summed E-state index contributed by atoms with van der Waals surface area (Å²) < 4.78 is 4.91. The Bertz CT molecular complexity index is 208. The molecule has 0 aliphatic carbocycles. The lowest BCUT2D eigenvalue weighted by atomic mass is 10.3. The standard InChI is InChI=1S/C8H16O2S.C3H6O2S/c1-3-4-5-10-8(9)6-7(2)11;4-3(5)1-2-6/h7,11H,3-6H2,1-2H3;6H,1-2H2,(H,4,5). The Morgan fingerprint density at radius 3 is 2.29 bits per heavy atom. The number of carboxylic acid groups (broad SMARTS) is 1. The van der Waals surface area contributed by atoms with E-state index in [0.29, 0.717) is 18.8 Å². The van der Waals surface area contributed by atoms with Crippen LogP contribution >= 0.6 is 25.3 Å². The van der Waals surface area contributed by atoms with Crippen molar-refractivity contribution in [1.82, 2.24) is 0 Å². The Labute approximate surface area is 114 Å². The van der Waals surface area contributed by atoms with Crippen molar-refractivity contribution in [3.05, 3.63) is 0 Å². The molecule has 0 aromatic carbocycles. The maximum atomic E-state index is 10.9. The summed E-state index contributed by atoms with van der Waals surface area (Å²) in [4.78, 5) is 20.4. The molecule has 0 rings (SSSR count). The van der Waals surface area contributed by atoms with Gasteiger partial charge in [-0.3, -0.25) is 9.59 Å². The molecule has 0 radical (unpaired) electrons. The molecule has 6 heteroatoms. The fourth-order valence-corrected chi connectivity index (χ4v) is 1.07. The molecular formula is C11H22O4S2. The van der Waals surface area contributed by atoms with Gasteiger partial charge in [0.15, 0.2) is 0 Å². The fourth-order valence-electron chi connectivity index (χ4n) is 0.726. The lowest BCUT2D eigenvalue weighted by Crippen LogP contribution is -2.09. The van der Waals surface area contributed by atoms with E-state index in [0.717, 1.165) is 12.8 Å². The number of esters is 1. The average molecular weight is 282 g/mol. The minimum absolute atomic E-state index is 0.101. The number of hydrogen-bond donors (Lipinski definition) is 3. The third-order valence-corrected chi connectivity index (χ3v) is 1.95. The quantitative estimate of drug-likeness (QED) is 0.381. The normalized spacial score (nSPS) is 11.1. The zero-order valence-corrected chi connectivity index (χ0v) is 12.2. The smallest absolute Gasteiger partial charge is 0.306 e. The Morgan fingerprint density at radius 2 is 2.00 bits per heavy atom. The van der Waals surface area contributed by atoms with Crippen molar-refractivity contribution >= 4 is 37.2 Å². The number of carbonyl (C=O) groups excluding carboxylic acids is 1. The van der Waals surface area contributed by atoms with E-state index in [1.54, 1.807) is 0 Å². The Morgan fingerprint density at radius 1 is 1.41 bits per heavy atom. The van der Waals surface area contributed by atoms with Crippen molar-refractivity contribution in [2.75, 3.05) is 12.4 Å². The Hall–Kier alpha value is -0.360. The molecule has 0 aromatic heterocycles. The second-order valence-electron chi connectivity index (χ2n) is 3.49. The summed E-state index contributed by atoms with van der Waals surface area (Å²) in [5.74, 6) is -0.499. The van der Waals surface area contributed by atoms with Gasteiger partial charge in [-0.05, 0) is 6.42 Å². The van der Waals surface area contributed by atoms with Gasteiger partial charge in [-0.25, -0.2) is 0 Å². The highest BCUT2D eigenvalue weighted by Gasteiger charge is 2.05. The number of hydrogen-bond acceptors (Lipinski definition) is 5. The molecular weight excluding hydrogens is 260 g/mol. The van der Waals surface area contributed by atoms with Crippen LogP contribution in [0.2, 0.25) is 0 Å². The van der Waals surface area contributed by atoms with Gasteiger partial charge in [0.05, 0.1) is 19.4 Å². The molecule has 1 unspecified atom stereocenters. The van der Waals surface area contributed by atoms with Crippen molar-refractivity contribution in [3.8, 4) is 0 Å². The number of thiol groups is 2. The first-order chi connectivity index (χ1) is 7.93. The monoisotopic (exact) mass is 282 g/mol. The molecule has 0 bridgehead atoms. The topological polar surface area (TPSA) is 63.6 Å². The summed E-state index contributed by atoms with van der Waals surface area (Å²) in [5.41, 5.74) is 0. The van der Waals surface area contributed by atoms with Crippen LogP contribution in [-0.4, -0.2) is 34.7 Å². The molecule has 1 N–H and O–H groups in total. The van der Waals surface area contributed by atoms with Gasteiger partial charge >= 0.3 is 11.9 Å². The minimum atomic E-state index is -0.787. The van der Waals surface area contributed by atoms with E-state index in [4.69, 9.17) is 9.84 Å². The SMILES string of the molecule is CCCCOC(=O)CC(C)S.O=C(O)CCS. The van der Waals surface area contributed by atoms with Gasteiger partial charge in [0, 0.05) is 11.0 Å². The van der Waals surface area contributed by atoms with Crippen molar-refractivity contribution in [3.63, 3.8) is 0 Å². The highest BCUT2D eigenvalue weighted by atomic mass is 32.1. The number of aliphatic carboxylic acids is 1. The van der Waals surface area contributed by atoms with Gasteiger partial charge in [0.1, 0.15) is 0 Å². The van der Waals surface area contributed by atoms with Gasteiger partial charge in [-0.2, -0.15) is 25.3 Å². The van der Waals surface area contributed by atoms with Gasteiger partial charge in [0.2, 0.25) is 0 Å². The molecule has 102 valence electrons. The minimum Gasteiger partial charge on any atom is -0.481 e. The molecule has 4 nitrogen and oxygen atoms in total. The van der Waals surface area contributed by atoms with E-state index in [1.807, 2.05) is 6.92 Å². The van der Waals surface area contributed by atoms with Crippen molar-refractivity contribution in [2.45, 2.75) is 44.8 Å². The zero-order valence-electron chi connectivity index (χ0n) is 10.4. The summed E-state index contributed by atoms with van der Waals surface area (Å²) >= 11 is 7.76. The largest absolute Gasteiger partial charge is 0.481 e. The van der Waals surface area contributed by atoms with Crippen molar-refractivity contribution in [2.24, 2.45) is 0 Å². The van der Waals surface area contributed by atoms with Crippen LogP contribution in [0.5, 0.6) is 0 Å². The van der Waals surface area contributed by atoms with Crippen LogP contribution in [-0.2, 0) is 14.3 Å². The third-order valence-electron chi connectivity index (χ3n) is 1.55. The predicted octanol–water partition coefficient (Wildman–Crippen LogP) is 2.43. The number of unbranched alkanes of at least 4 members (excludes halogenated alkanes) is 1. The van der Waals surface area contributed by atoms with Crippen LogP contribution in [0.25, 0.3) is 0 Å². The van der Waals surface area contributed by atoms with Gasteiger partial charge < -0.3 is 9.84 Å². The average Bonchev–Trinajstić information content (AvgIpc) is 2.17. The molecule has 17 heavy (non-hydrogen) atoms. The molecule has 0 saturated carbocycles. The molecule has 0 heterocycles. The predicted molar refractivity (Wildman–Crippen MR) is 75.0 cm³/mol. The summed E-state index contributed by atoms with van der Waals surface area (Å²) in [6, 6.07) is 0. The molecule has 0 amide bonds. The Kier molecular flexibility index (Phi) is 15.3. The summed E-state index contributed by atoms with van der Waals surface area (Å²) in [6.45, 7) is 4.50. The summed E-state index contributed by atoms with van der Waals surface area (Å²) in [5, 5.41) is 7.97. The number of ether oxygens (including phenoxy) is 1. The molecule has 0 spiro atoms. The molecule has 0 aliphatic heterocycles. The second kappa shape index (κ2) is 13.7. The van der Waals surface area contributed by atoms with E-state index in [9.17, 15) is 9.59 Å². The summed E-state index contributed by atoms with van der Waals surface area (Å²) in [6.07, 6.45) is 2.58. The van der Waals surface area contributed by atoms with E-state index in [-0.39, 0.29) is 17.6 Å². The van der Waals surface area contributed by atoms with Crippen LogP contribution in [0.3, 0.4) is 0 Å². The lowest BCUT2D eigenvalue weighted by molar-refractivity contribution is -0.143. The van der Waals surface area contributed by atoms with Crippen LogP contribution in [0.4, 0.5) is 0 Å². The first-order valence-electron chi connectivity index (χ1n) is 5.60. The molecule has 0 aliphatic rings.